The number of hydrogen-bond acceptors (Lipinski definition) is 4. The van der Waals surface area contributed by atoms with Crippen LogP contribution >= 0.6 is 0 Å². The second-order valence-electron chi connectivity index (χ2n) is 6.51. The van der Waals surface area contributed by atoms with Crippen LogP contribution in [0.5, 0.6) is 0 Å². The summed E-state index contributed by atoms with van der Waals surface area (Å²) < 4.78 is 35.8. The van der Waals surface area contributed by atoms with E-state index in [1.165, 1.54) is 12.8 Å². The average molecular weight is 317 g/mol. The van der Waals surface area contributed by atoms with Crippen molar-refractivity contribution in [2.24, 2.45) is 5.92 Å². The Morgan fingerprint density at radius 1 is 1.19 bits per heavy atom. The molecule has 0 amide bonds. The van der Waals surface area contributed by atoms with Crippen molar-refractivity contribution in [1.29, 1.82) is 0 Å². The van der Waals surface area contributed by atoms with Gasteiger partial charge in [0, 0.05) is 25.7 Å². The van der Waals surface area contributed by atoms with Gasteiger partial charge in [-0.2, -0.15) is 17.4 Å². The maximum atomic E-state index is 12.7. The van der Waals surface area contributed by atoms with Crippen molar-refractivity contribution in [3.8, 4) is 0 Å². The maximum Gasteiger partial charge on any atom is 0.280 e. The minimum absolute atomic E-state index is 0.0420. The smallest absolute Gasteiger partial charge is 0.280 e. The van der Waals surface area contributed by atoms with Crippen molar-refractivity contribution < 1.29 is 13.2 Å². The third kappa shape index (κ3) is 3.59. The first-order valence-corrected chi connectivity index (χ1v) is 9.61. The minimum atomic E-state index is -3.41. The topological polar surface area (TPSA) is 70.7 Å². The number of hydrogen-bond donors (Lipinski definition) is 2. The van der Waals surface area contributed by atoms with Crippen LogP contribution in [0.1, 0.15) is 38.5 Å². The Hall–Kier alpha value is -0.210. The lowest BCUT2D eigenvalue weighted by molar-refractivity contribution is 0.0842. The summed E-state index contributed by atoms with van der Waals surface area (Å²) in [6.07, 6.45) is 6.24. The molecule has 0 aromatic heterocycles. The molecule has 2 aliphatic heterocycles. The Bertz CT molecular complexity index is 450. The fraction of sp³-hybridized carbons (Fsp3) is 1.00. The molecule has 122 valence electrons. The second kappa shape index (κ2) is 6.50. The molecule has 2 saturated heterocycles. The molecular formula is C14H27N3O3S. The lowest BCUT2D eigenvalue weighted by Crippen LogP contribution is -2.55. The molecule has 21 heavy (non-hydrogen) atoms. The average Bonchev–Trinajstić information content (AvgIpc) is 3.20. The van der Waals surface area contributed by atoms with Crippen molar-refractivity contribution in [2.45, 2.75) is 56.7 Å². The summed E-state index contributed by atoms with van der Waals surface area (Å²) >= 11 is 0. The van der Waals surface area contributed by atoms with E-state index in [-0.39, 0.29) is 18.2 Å². The molecule has 7 heteroatoms. The van der Waals surface area contributed by atoms with E-state index in [1.807, 2.05) is 7.05 Å². The molecule has 1 saturated carbocycles. The molecule has 6 nitrogen and oxygen atoms in total. The van der Waals surface area contributed by atoms with Crippen LogP contribution in [0.25, 0.3) is 0 Å². The van der Waals surface area contributed by atoms with Gasteiger partial charge in [-0.25, -0.2) is 0 Å². The Morgan fingerprint density at radius 3 is 2.71 bits per heavy atom. The summed E-state index contributed by atoms with van der Waals surface area (Å²) in [5.41, 5.74) is 0. The number of piperidine rings is 1. The fourth-order valence-electron chi connectivity index (χ4n) is 3.62. The van der Waals surface area contributed by atoms with Crippen LogP contribution in [0.2, 0.25) is 0 Å². The third-order valence-electron chi connectivity index (χ3n) is 4.84. The highest BCUT2D eigenvalue weighted by Gasteiger charge is 2.43. The van der Waals surface area contributed by atoms with Gasteiger partial charge in [0.15, 0.2) is 0 Å². The molecule has 3 atom stereocenters. The first-order valence-electron chi connectivity index (χ1n) is 8.17. The number of rotatable bonds is 6. The zero-order valence-electron chi connectivity index (χ0n) is 12.8. The fourth-order valence-corrected chi connectivity index (χ4v) is 5.33. The van der Waals surface area contributed by atoms with E-state index in [2.05, 4.69) is 10.0 Å². The maximum absolute atomic E-state index is 12.7. The quantitative estimate of drug-likeness (QED) is 0.747. The third-order valence-corrected chi connectivity index (χ3v) is 6.54. The molecule has 0 aromatic carbocycles. The van der Waals surface area contributed by atoms with Crippen molar-refractivity contribution in [3.05, 3.63) is 0 Å². The summed E-state index contributed by atoms with van der Waals surface area (Å²) in [6, 6.07) is 0.0302. The minimum Gasteiger partial charge on any atom is -0.376 e. The highest BCUT2D eigenvalue weighted by atomic mass is 32.2. The van der Waals surface area contributed by atoms with Crippen molar-refractivity contribution in [2.75, 3.05) is 26.7 Å². The van der Waals surface area contributed by atoms with Gasteiger partial charge in [-0.05, 0) is 45.1 Å². The monoisotopic (exact) mass is 317 g/mol. The van der Waals surface area contributed by atoms with Gasteiger partial charge in [0.1, 0.15) is 0 Å². The molecule has 0 radical (unpaired) electrons. The zero-order valence-corrected chi connectivity index (χ0v) is 13.6. The molecule has 3 fully saturated rings. The summed E-state index contributed by atoms with van der Waals surface area (Å²) in [6.45, 7) is 2.02. The Labute approximate surface area is 127 Å². The second-order valence-corrected chi connectivity index (χ2v) is 8.16. The van der Waals surface area contributed by atoms with Crippen molar-refractivity contribution in [3.63, 3.8) is 0 Å². The van der Waals surface area contributed by atoms with E-state index in [1.54, 1.807) is 4.31 Å². The molecule has 3 aliphatic rings. The normalized spacial score (nSPS) is 35.2. The van der Waals surface area contributed by atoms with E-state index >= 15 is 0 Å². The van der Waals surface area contributed by atoms with Crippen molar-refractivity contribution in [1.82, 2.24) is 14.3 Å². The molecule has 1 aliphatic carbocycles. The van der Waals surface area contributed by atoms with Crippen LogP contribution in [0.15, 0.2) is 0 Å². The summed E-state index contributed by atoms with van der Waals surface area (Å²) in [7, 11) is -1.54. The van der Waals surface area contributed by atoms with Crippen LogP contribution in [-0.4, -0.2) is 57.7 Å². The van der Waals surface area contributed by atoms with Crippen LogP contribution in [0, 0.1) is 5.92 Å². The van der Waals surface area contributed by atoms with Crippen LogP contribution in [0.3, 0.4) is 0 Å². The molecule has 2 N–H and O–H groups in total. The largest absolute Gasteiger partial charge is 0.376 e. The van der Waals surface area contributed by atoms with E-state index in [4.69, 9.17) is 4.74 Å². The molecule has 3 unspecified atom stereocenters. The number of ether oxygens (including phenoxy) is 1. The molecule has 0 aromatic rings. The van der Waals surface area contributed by atoms with E-state index in [0.29, 0.717) is 25.6 Å². The SMILES string of the molecule is CNCC1CCCCN1S(=O)(=O)NC1CCOC1C1CC1. The van der Waals surface area contributed by atoms with Gasteiger partial charge in [-0.3, -0.25) is 0 Å². The summed E-state index contributed by atoms with van der Waals surface area (Å²) in [5.74, 6) is 0.565. The highest BCUT2D eigenvalue weighted by molar-refractivity contribution is 7.87. The van der Waals surface area contributed by atoms with E-state index in [0.717, 1.165) is 25.7 Å². The number of nitrogens with one attached hydrogen (secondary N) is 2. The van der Waals surface area contributed by atoms with E-state index < -0.39 is 10.2 Å². The first-order chi connectivity index (χ1) is 10.1. The lowest BCUT2D eigenvalue weighted by Gasteiger charge is -2.35. The van der Waals surface area contributed by atoms with Gasteiger partial charge in [-0.15, -0.1) is 0 Å². The molecule has 0 bridgehead atoms. The Kier molecular flexibility index (Phi) is 4.85. The molecule has 2 heterocycles. The predicted octanol–water partition coefficient (Wildman–Crippen LogP) is 0.462. The lowest BCUT2D eigenvalue weighted by atomic mass is 10.1. The highest BCUT2D eigenvalue weighted by Crippen LogP contribution is 2.39. The summed E-state index contributed by atoms with van der Waals surface area (Å²) in [4.78, 5) is 0. The Balaban J connectivity index is 1.66. The molecular weight excluding hydrogens is 290 g/mol. The van der Waals surface area contributed by atoms with Gasteiger partial charge < -0.3 is 10.1 Å². The number of likely N-dealkylation sites (N-methyl/N-ethyl adjacent to an activating group) is 1. The standard InChI is InChI=1S/C14H27N3O3S/c1-15-10-12-4-2-3-8-17(12)21(18,19)16-13-7-9-20-14(13)11-5-6-11/h11-16H,2-10H2,1H3. The van der Waals surface area contributed by atoms with E-state index in [9.17, 15) is 8.42 Å². The van der Waals surface area contributed by atoms with Crippen LogP contribution in [0.4, 0.5) is 0 Å². The first kappa shape index (κ1) is 15.7. The van der Waals surface area contributed by atoms with Gasteiger partial charge in [0.05, 0.1) is 12.1 Å². The van der Waals surface area contributed by atoms with Crippen molar-refractivity contribution >= 4 is 10.2 Å². The zero-order chi connectivity index (χ0) is 14.9. The van der Waals surface area contributed by atoms with Crippen LogP contribution < -0.4 is 10.0 Å². The van der Waals surface area contributed by atoms with Gasteiger partial charge >= 0.3 is 0 Å². The van der Waals surface area contributed by atoms with Crippen LogP contribution in [-0.2, 0) is 14.9 Å². The van der Waals surface area contributed by atoms with Gasteiger partial charge in [-0.1, -0.05) is 6.42 Å². The van der Waals surface area contributed by atoms with Gasteiger partial charge in [0.2, 0.25) is 0 Å². The van der Waals surface area contributed by atoms with Gasteiger partial charge in [0.25, 0.3) is 10.2 Å². The predicted molar refractivity (Wildman–Crippen MR) is 81.2 cm³/mol. The number of nitrogens with zero attached hydrogens (tertiary/aromatic N) is 1. The molecule has 3 rings (SSSR count). The molecule has 0 spiro atoms. The summed E-state index contributed by atoms with van der Waals surface area (Å²) in [5, 5.41) is 3.11. The Morgan fingerprint density at radius 2 is 2.00 bits per heavy atom.